The average molecular weight is 537 g/mol. The lowest BCUT2D eigenvalue weighted by Gasteiger charge is -2.13. The molecule has 0 N–H and O–H groups in total. The van der Waals surface area contributed by atoms with Gasteiger partial charge in [-0.1, -0.05) is 34.1 Å². The molecule has 0 aliphatic carbocycles. The molecule has 8 nitrogen and oxygen atoms in total. The molecule has 0 bridgehead atoms. The van der Waals surface area contributed by atoms with Crippen LogP contribution in [0.4, 0.5) is 5.69 Å². The molecule has 178 valence electrons. The number of ether oxygens (including phenoxy) is 3. The van der Waals surface area contributed by atoms with Crippen molar-refractivity contribution in [3.8, 4) is 11.5 Å². The summed E-state index contributed by atoms with van der Waals surface area (Å²) in [6.07, 6.45) is 1.59. The molecule has 0 saturated carbocycles. The average Bonchev–Trinajstić information content (AvgIpc) is 3.19. The number of rotatable bonds is 8. The first-order valence-electron chi connectivity index (χ1n) is 10.8. The maximum absolute atomic E-state index is 12.4. The third-order valence-electron chi connectivity index (χ3n) is 5.14. The van der Waals surface area contributed by atoms with Gasteiger partial charge in [0.25, 0.3) is 5.69 Å². The third kappa shape index (κ3) is 5.75. The number of cyclic esters (lactones) is 1. The number of esters is 1. The second-order valence-corrected chi connectivity index (χ2v) is 8.56. The summed E-state index contributed by atoms with van der Waals surface area (Å²) in [6.45, 7) is 4.31. The topological polar surface area (TPSA) is 100 Å². The van der Waals surface area contributed by atoms with Crippen LogP contribution in [0.1, 0.15) is 29.2 Å². The van der Waals surface area contributed by atoms with Crippen LogP contribution in [-0.4, -0.2) is 23.4 Å². The van der Waals surface area contributed by atoms with Gasteiger partial charge in [-0.15, -0.1) is 0 Å². The maximum atomic E-state index is 12.4. The lowest BCUT2D eigenvalue weighted by molar-refractivity contribution is -0.385. The van der Waals surface area contributed by atoms with E-state index in [1.54, 1.807) is 37.3 Å². The van der Waals surface area contributed by atoms with Gasteiger partial charge in [-0.25, -0.2) is 9.79 Å². The number of nitro groups is 1. The van der Waals surface area contributed by atoms with E-state index in [0.717, 1.165) is 10.0 Å². The van der Waals surface area contributed by atoms with E-state index >= 15 is 0 Å². The van der Waals surface area contributed by atoms with Gasteiger partial charge >= 0.3 is 5.97 Å². The molecule has 0 spiro atoms. The zero-order valence-corrected chi connectivity index (χ0v) is 20.6. The van der Waals surface area contributed by atoms with Crippen LogP contribution in [0.15, 0.2) is 75.8 Å². The van der Waals surface area contributed by atoms with Crippen LogP contribution < -0.4 is 9.47 Å². The van der Waals surface area contributed by atoms with Crippen LogP contribution in [0.2, 0.25) is 0 Å². The van der Waals surface area contributed by atoms with E-state index in [1.807, 2.05) is 31.2 Å². The highest BCUT2D eigenvalue weighted by Crippen LogP contribution is 2.31. The minimum atomic E-state index is -0.607. The Balaban J connectivity index is 1.56. The van der Waals surface area contributed by atoms with E-state index in [0.29, 0.717) is 41.4 Å². The first-order chi connectivity index (χ1) is 16.8. The SMILES string of the molecule is CCOc1cc(/C=C2\N=C(c3ccc([N+](=O)[O-])c(C)c3)OC2=O)ccc1OCc1ccc(Br)cc1. The highest BCUT2D eigenvalue weighted by Gasteiger charge is 2.25. The fourth-order valence-electron chi connectivity index (χ4n) is 3.43. The molecular formula is C26H21BrN2O6. The molecular weight excluding hydrogens is 516 g/mol. The molecule has 0 unspecified atom stereocenters. The van der Waals surface area contributed by atoms with Gasteiger partial charge in [-0.2, -0.15) is 0 Å². The summed E-state index contributed by atoms with van der Waals surface area (Å²) in [4.78, 5) is 27.3. The first-order valence-corrected chi connectivity index (χ1v) is 11.6. The number of hydrogen-bond acceptors (Lipinski definition) is 7. The van der Waals surface area contributed by atoms with E-state index in [2.05, 4.69) is 20.9 Å². The van der Waals surface area contributed by atoms with Gasteiger partial charge in [0.1, 0.15) is 6.61 Å². The smallest absolute Gasteiger partial charge is 0.363 e. The number of aryl methyl sites for hydroxylation is 1. The largest absolute Gasteiger partial charge is 0.490 e. The predicted molar refractivity (Wildman–Crippen MR) is 135 cm³/mol. The lowest BCUT2D eigenvalue weighted by atomic mass is 10.1. The minimum absolute atomic E-state index is 0.0136. The van der Waals surface area contributed by atoms with Crippen LogP contribution in [0, 0.1) is 17.0 Å². The van der Waals surface area contributed by atoms with Crippen molar-refractivity contribution in [2.24, 2.45) is 4.99 Å². The Bertz CT molecular complexity index is 1350. The van der Waals surface area contributed by atoms with Crippen molar-refractivity contribution >= 4 is 39.6 Å². The number of nitro benzene ring substituents is 1. The Morgan fingerprint density at radius 1 is 1.06 bits per heavy atom. The Morgan fingerprint density at radius 2 is 1.83 bits per heavy atom. The van der Waals surface area contributed by atoms with Crippen LogP contribution in [-0.2, 0) is 16.1 Å². The van der Waals surface area contributed by atoms with Gasteiger partial charge in [0.15, 0.2) is 17.2 Å². The summed E-state index contributed by atoms with van der Waals surface area (Å²) in [5.41, 5.74) is 2.72. The van der Waals surface area contributed by atoms with Crippen LogP contribution in [0.3, 0.4) is 0 Å². The molecule has 0 aromatic heterocycles. The van der Waals surface area contributed by atoms with E-state index in [-0.39, 0.29) is 17.3 Å². The quantitative estimate of drug-likeness (QED) is 0.152. The normalized spacial score (nSPS) is 14.0. The monoisotopic (exact) mass is 536 g/mol. The van der Waals surface area contributed by atoms with Crippen molar-refractivity contribution in [3.63, 3.8) is 0 Å². The van der Waals surface area contributed by atoms with Crippen molar-refractivity contribution in [2.45, 2.75) is 20.5 Å². The van der Waals surface area contributed by atoms with E-state index in [9.17, 15) is 14.9 Å². The summed E-state index contributed by atoms with van der Waals surface area (Å²) in [5.74, 6) is 0.611. The van der Waals surface area contributed by atoms with Gasteiger partial charge in [0.2, 0.25) is 5.90 Å². The molecule has 0 atom stereocenters. The molecule has 3 aromatic carbocycles. The standard InChI is InChI=1S/C26H21BrN2O6/c1-3-33-24-14-18(6-11-23(24)34-15-17-4-8-20(27)9-5-17)13-21-26(30)35-25(28-21)19-7-10-22(29(31)32)16(2)12-19/h4-14H,3,15H2,1-2H3/b21-13-. The van der Waals surface area contributed by atoms with E-state index in [1.165, 1.54) is 12.1 Å². The number of benzene rings is 3. The van der Waals surface area contributed by atoms with Gasteiger partial charge in [-0.05, 0) is 67.4 Å². The van der Waals surface area contributed by atoms with Crippen molar-refractivity contribution in [1.29, 1.82) is 0 Å². The lowest BCUT2D eigenvalue weighted by Crippen LogP contribution is -2.06. The molecule has 3 aromatic rings. The zero-order valence-electron chi connectivity index (χ0n) is 19.0. The molecule has 9 heteroatoms. The van der Waals surface area contributed by atoms with Gasteiger partial charge in [0, 0.05) is 21.7 Å². The number of hydrogen-bond donors (Lipinski definition) is 0. The van der Waals surface area contributed by atoms with Crippen LogP contribution in [0.5, 0.6) is 11.5 Å². The van der Waals surface area contributed by atoms with Crippen molar-refractivity contribution in [3.05, 3.63) is 103 Å². The fraction of sp³-hybridized carbons (Fsp3) is 0.154. The van der Waals surface area contributed by atoms with E-state index in [4.69, 9.17) is 14.2 Å². The summed E-state index contributed by atoms with van der Waals surface area (Å²) in [7, 11) is 0. The van der Waals surface area contributed by atoms with Gasteiger partial charge in [-0.3, -0.25) is 10.1 Å². The molecule has 0 fully saturated rings. The molecule has 35 heavy (non-hydrogen) atoms. The van der Waals surface area contributed by atoms with Gasteiger partial charge in [0.05, 0.1) is 11.5 Å². The number of nitrogens with zero attached hydrogens (tertiary/aromatic N) is 2. The number of carbonyl (C=O) groups excluding carboxylic acids is 1. The van der Waals surface area contributed by atoms with Crippen LogP contribution in [0.25, 0.3) is 6.08 Å². The Morgan fingerprint density at radius 3 is 2.51 bits per heavy atom. The van der Waals surface area contributed by atoms with Crippen molar-refractivity contribution in [2.75, 3.05) is 6.61 Å². The number of halogens is 1. The zero-order chi connectivity index (χ0) is 24.9. The molecule has 0 amide bonds. The summed E-state index contributed by atoms with van der Waals surface area (Å²) in [5, 5.41) is 11.0. The predicted octanol–water partition coefficient (Wildman–Crippen LogP) is 5.99. The van der Waals surface area contributed by atoms with Crippen molar-refractivity contribution < 1.29 is 23.9 Å². The molecule has 0 saturated heterocycles. The summed E-state index contributed by atoms with van der Waals surface area (Å²) < 4.78 is 18.0. The molecule has 1 aliphatic heterocycles. The number of aliphatic imine (C=N–C) groups is 1. The Kier molecular flexibility index (Phi) is 7.26. The second kappa shape index (κ2) is 10.5. The summed E-state index contributed by atoms with van der Waals surface area (Å²) >= 11 is 3.42. The Hall–Kier alpha value is -3.98. The molecule has 1 aliphatic rings. The van der Waals surface area contributed by atoms with Gasteiger partial charge < -0.3 is 14.2 Å². The minimum Gasteiger partial charge on any atom is -0.490 e. The molecule has 0 radical (unpaired) electrons. The third-order valence-corrected chi connectivity index (χ3v) is 5.67. The molecule has 1 heterocycles. The van der Waals surface area contributed by atoms with E-state index < -0.39 is 10.9 Å². The highest BCUT2D eigenvalue weighted by atomic mass is 79.9. The summed E-state index contributed by atoms with van der Waals surface area (Å²) in [6, 6.07) is 17.6. The van der Waals surface area contributed by atoms with Crippen LogP contribution >= 0.6 is 15.9 Å². The Labute approximate surface area is 210 Å². The fourth-order valence-corrected chi connectivity index (χ4v) is 3.69. The second-order valence-electron chi connectivity index (χ2n) is 7.65. The van der Waals surface area contributed by atoms with Crippen molar-refractivity contribution in [1.82, 2.24) is 0 Å². The highest BCUT2D eigenvalue weighted by molar-refractivity contribution is 9.10. The number of carbonyl (C=O) groups is 1. The first kappa shape index (κ1) is 24.2. The maximum Gasteiger partial charge on any atom is 0.363 e. The molecule has 4 rings (SSSR count).